The minimum absolute atomic E-state index is 0.0183. The maximum absolute atomic E-state index is 11.2. The summed E-state index contributed by atoms with van der Waals surface area (Å²) in [6.07, 6.45) is 2.11. The van der Waals surface area contributed by atoms with Gasteiger partial charge in [0.15, 0.2) is 11.3 Å². The van der Waals surface area contributed by atoms with Gasteiger partial charge in [-0.3, -0.25) is 19.4 Å². The number of ether oxygens (including phenoxy) is 3. The number of nitro benzene ring substituents is 1. The molecule has 4 heterocycles. The molecule has 2 aromatic carbocycles. The predicted octanol–water partition coefficient (Wildman–Crippen LogP) is 4.25. The normalized spacial score (nSPS) is 13.8. The molecule has 0 amide bonds. The molecular weight excluding hydrogens is 576 g/mol. The lowest BCUT2D eigenvalue weighted by atomic mass is 10.0. The minimum Gasteiger partial charge on any atom is -0.497 e. The first-order valence-corrected chi connectivity index (χ1v) is 14.1. The number of pyridine rings is 1. The topological polar surface area (TPSA) is 142 Å². The van der Waals surface area contributed by atoms with Crippen LogP contribution in [0.1, 0.15) is 11.4 Å². The van der Waals surface area contributed by atoms with Crippen molar-refractivity contribution < 1.29 is 19.1 Å². The molecule has 14 heteroatoms. The fourth-order valence-corrected chi connectivity index (χ4v) is 5.39. The van der Waals surface area contributed by atoms with Crippen molar-refractivity contribution in [2.75, 3.05) is 58.9 Å². The molecule has 0 spiro atoms. The Morgan fingerprint density at radius 2 is 1.84 bits per heavy atom. The standard InChI is InChI=1S/C29H29ClN8O5/c1-41-21-15-22(26(30)24(16-21)42-2)23-14-19-17-32-29(31-7-8-36-9-11-43-12-10-36)33-27(19)37-25(34-35-28(23)37)13-18-3-5-20(6-4-18)38(39)40/h3-6,14-17H,7-13H2,1-2H3,(H,31,32,33). The molecule has 6 rings (SSSR count). The third-order valence-corrected chi connectivity index (χ3v) is 7.75. The number of aromatic nitrogens is 5. The Hall–Kier alpha value is -4.59. The van der Waals surface area contributed by atoms with E-state index >= 15 is 0 Å². The van der Waals surface area contributed by atoms with Crippen molar-refractivity contribution in [1.29, 1.82) is 0 Å². The smallest absolute Gasteiger partial charge is 0.269 e. The van der Waals surface area contributed by atoms with E-state index in [1.807, 2.05) is 16.5 Å². The van der Waals surface area contributed by atoms with Crippen LogP contribution in [0.5, 0.6) is 11.5 Å². The molecule has 1 N–H and O–H groups in total. The summed E-state index contributed by atoms with van der Waals surface area (Å²) in [5.74, 6) is 2.10. The zero-order valence-corrected chi connectivity index (χ0v) is 24.4. The molecule has 0 saturated carbocycles. The summed E-state index contributed by atoms with van der Waals surface area (Å²) in [5, 5.41) is 24.7. The lowest BCUT2D eigenvalue weighted by Gasteiger charge is -2.26. The van der Waals surface area contributed by atoms with Gasteiger partial charge in [0.1, 0.15) is 17.3 Å². The number of hydrogen-bond donors (Lipinski definition) is 1. The first kappa shape index (κ1) is 28.5. The van der Waals surface area contributed by atoms with Crippen LogP contribution in [0.25, 0.3) is 27.8 Å². The second-order valence-corrected chi connectivity index (χ2v) is 10.4. The number of anilines is 1. The fourth-order valence-electron chi connectivity index (χ4n) is 5.10. The fraction of sp³-hybridized carbons (Fsp3) is 0.310. The van der Waals surface area contributed by atoms with Crippen molar-refractivity contribution in [1.82, 2.24) is 29.5 Å². The third kappa shape index (κ3) is 5.87. The summed E-state index contributed by atoms with van der Waals surface area (Å²) < 4.78 is 18.3. The van der Waals surface area contributed by atoms with E-state index in [1.54, 1.807) is 38.6 Å². The molecule has 222 valence electrons. The van der Waals surface area contributed by atoms with Gasteiger partial charge < -0.3 is 19.5 Å². The molecule has 1 aliphatic heterocycles. The van der Waals surface area contributed by atoms with Crippen LogP contribution < -0.4 is 14.8 Å². The maximum Gasteiger partial charge on any atom is 0.269 e. The number of hydrogen-bond acceptors (Lipinski definition) is 11. The van der Waals surface area contributed by atoms with E-state index < -0.39 is 4.92 Å². The molecule has 0 aliphatic carbocycles. The van der Waals surface area contributed by atoms with Gasteiger partial charge in [-0.15, -0.1) is 10.2 Å². The van der Waals surface area contributed by atoms with Crippen molar-refractivity contribution in [2.24, 2.45) is 0 Å². The molecular formula is C29H29ClN8O5. The number of nitrogens with one attached hydrogen (secondary N) is 1. The lowest BCUT2D eigenvalue weighted by Crippen LogP contribution is -2.39. The van der Waals surface area contributed by atoms with Crippen LogP contribution in [0.2, 0.25) is 5.02 Å². The molecule has 43 heavy (non-hydrogen) atoms. The van der Waals surface area contributed by atoms with Gasteiger partial charge in [0.2, 0.25) is 5.95 Å². The zero-order chi connectivity index (χ0) is 29.9. The highest BCUT2D eigenvalue weighted by Crippen LogP contribution is 2.41. The molecule has 1 saturated heterocycles. The average Bonchev–Trinajstić information content (AvgIpc) is 3.45. The Bertz CT molecular complexity index is 1790. The van der Waals surface area contributed by atoms with Crippen molar-refractivity contribution in [3.63, 3.8) is 0 Å². The molecule has 1 aliphatic rings. The summed E-state index contributed by atoms with van der Waals surface area (Å²) in [6.45, 7) is 4.78. The van der Waals surface area contributed by atoms with E-state index in [1.165, 1.54) is 12.1 Å². The molecule has 13 nitrogen and oxygen atoms in total. The van der Waals surface area contributed by atoms with Crippen LogP contribution in [0.15, 0.2) is 48.7 Å². The summed E-state index contributed by atoms with van der Waals surface area (Å²) >= 11 is 6.80. The Balaban J connectivity index is 1.45. The summed E-state index contributed by atoms with van der Waals surface area (Å²) in [6, 6.07) is 11.8. The van der Waals surface area contributed by atoms with Gasteiger partial charge in [0.05, 0.1) is 37.4 Å². The predicted molar refractivity (Wildman–Crippen MR) is 161 cm³/mol. The Labute approximate surface area is 251 Å². The van der Waals surface area contributed by atoms with Crippen LogP contribution in [-0.4, -0.2) is 88.0 Å². The molecule has 1 fully saturated rings. The van der Waals surface area contributed by atoms with E-state index in [2.05, 4.69) is 25.4 Å². The first-order valence-electron chi connectivity index (χ1n) is 13.7. The van der Waals surface area contributed by atoms with Crippen LogP contribution in [0.3, 0.4) is 0 Å². The molecule has 0 radical (unpaired) electrons. The Kier molecular flexibility index (Phi) is 8.18. The van der Waals surface area contributed by atoms with Crippen LogP contribution in [-0.2, 0) is 11.2 Å². The molecule has 0 bridgehead atoms. The van der Waals surface area contributed by atoms with Gasteiger partial charge in [-0.1, -0.05) is 23.7 Å². The average molecular weight is 605 g/mol. The highest BCUT2D eigenvalue weighted by atomic mass is 35.5. The van der Waals surface area contributed by atoms with Crippen LogP contribution >= 0.6 is 11.6 Å². The number of fused-ring (bicyclic) bond motifs is 3. The molecule has 0 atom stereocenters. The highest BCUT2D eigenvalue weighted by molar-refractivity contribution is 6.35. The van der Waals surface area contributed by atoms with Gasteiger partial charge in [0, 0.05) is 73.5 Å². The van der Waals surface area contributed by atoms with Crippen LogP contribution in [0, 0.1) is 10.1 Å². The first-order chi connectivity index (χ1) is 20.9. The number of methoxy groups -OCH3 is 2. The zero-order valence-electron chi connectivity index (χ0n) is 23.6. The number of halogens is 1. The van der Waals surface area contributed by atoms with Gasteiger partial charge in [-0.25, -0.2) is 4.98 Å². The van der Waals surface area contributed by atoms with E-state index in [-0.39, 0.29) is 5.69 Å². The van der Waals surface area contributed by atoms with Crippen molar-refractivity contribution >= 4 is 39.9 Å². The minimum atomic E-state index is -0.424. The van der Waals surface area contributed by atoms with E-state index in [4.69, 9.17) is 30.8 Å². The number of morpholine rings is 1. The van der Waals surface area contributed by atoms with Crippen molar-refractivity contribution in [3.8, 4) is 22.6 Å². The summed E-state index contributed by atoms with van der Waals surface area (Å²) in [5.41, 5.74) is 3.32. The molecule has 3 aromatic heterocycles. The number of non-ortho nitro benzene ring substituents is 1. The van der Waals surface area contributed by atoms with Gasteiger partial charge in [-0.2, -0.15) is 4.98 Å². The molecule has 0 unspecified atom stereocenters. The number of rotatable bonds is 10. The monoisotopic (exact) mass is 604 g/mol. The SMILES string of the molecule is COc1cc(OC)c(Cl)c(-c2cc3cnc(NCCN4CCOCC4)nc3n3c(Cc4ccc([N+](=O)[O-])cc4)nnc23)c1. The van der Waals surface area contributed by atoms with Crippen LogP contribution in [0.4, 0.5) is 11.6 Å². The third-order valence-electron chi connectivity index (χ3n) is 7.36. The number of nitrogens with zero attached hydrogens (tertiary/aromatic N) is 7. The second kappa shape index (κ2) is 12.3. The maximum atomic E-state index is 11.2. The number of nitro groups is 1. The molecule has 5 aromatic rings. The van der Waals surface area contributed by atoms with E-state index in [9.17, 15) is 10.1 Å². The lowest BCUT2D eigenvalue weighted by molar-refractivity contribution is -0.384. The van der Waals surface area contributed by atoms with Gasteiger partial charge in [0.25, 0.3) is 5.69 Å². The van der Waals surface area contributed by atoms with E-state index in [0.29, 0.717) is 63.7 Å². The van der Waals surface area contributed by atoms with E-state index in [0.717, 1.165) is 43.8 Å². The summed E-state index contributed by atoms with van der Waals surface area (Å²) in [7, 11) is 3.12. The Morgan fingerprint density at radius 1 is 1.05 bits per heavy atom. The second-order valence-electron chi connectivity index (χ2n) is 9.98. The highest BCUT2D eigenvalue weighted by Gasteiger charge is 2.21. The Morgan fingerprint density at radius 3 is 2.56 bits per heavy atom. The van der Waals surface area contributed by atoms with Gasteiger partial charge >= 0.3 is 0 Å². The van der Waals surface area contributed by atoms with Crippen molar-refractivity contribution in [3.05, 3.63) is 75.2 Å². The largest absolute Gasteiger partial charge is 0.497 e. The van der Waals surface area contributed by atoms with Crippen molar-refractivity contribution in [2.45, 2.75) is 6.42 Å². The number of benzene rings is 2. The quantitative estimate of drug-likeness (QED) is 0.180. The summed E-state index contributed by atoms with van der Waals surface area (Å²) in [4.78, 5) is 22.5. The van der Waals surface area contributed by atoms with Gasteiger partial charge in [-0.05, 0) is 17.7 Å².